The van der Waals surface area contributed by atoms with Gasteiger partial charge in [0, 0.05) is 23.3 Å². The van der Waals surface area contributed by atoms with Crippen molar-refractivity contribution in [3.8, 4) is 0 Å². The lowest BCUT2D eigenvalue weighted by molar-refractivity contribution is -0.140. The molecule has 1 fully saturated rings. The van der Waals surface area contributed by atoms with Gasteiger partial charge in [0.15, 0.2) is 0 Å². The Morgan fingerprint density at radius 1 is 1.47 bits per heavy atom. The van der Waals surface area contributed by atoms with Gasteiger partial charge in [-0.2, -0.15) is 0 Å². The molecule has 0 aliphatic carbocycles. The van der Waals surface area contributed by atoms with E-state index in [0.717, 1.165) is 18.5 Å². The van der Waals surface area contributed by atoms with E-state index in [2.05, 4.69) is 5.32 Å². The molecule has 1 aromatic rings. The van der Waals surface area contributed by atoms with Crippen LogP contribution < -0.4 is 5.32 Å². The van der Waals surface area contributed by atoms with E-state index >= 15 is 0 Å². The van der Waals surface area contributed by atoms with Crippen molar-refractivity contribution in [2.75, 3.05) is 11.9 Å². The molecule has 1 heterocycles. The van der Waals surface area contributed by atoms with Crippen molar-refractivity contribution in [1.82, 2.24) is 4.90 Å². The number of nitrogens with one attached hydrogen (secondary N) is 1. The van der Waals surface area contributed by atoms with Crippen LogP contribution in [0.4, 0.5) is 5.69 Å². The summed E-state index contributed by atoms with van der Waals surface area (Å²) in [5.41, 5.74) is 1.57. The van der Waals surface area contributed by atoms with Crippen LogP contribution in [0.15, 0.2) is 18.2 Å². The number of carbonyl (C=O) groups excluding carboxylic acids is 2. The molecule has 0 radical (unpaired) electrons. The van der Waals surface area contributed by atoms with E-state index in [9.17, 15) is 9.59 Å². The summed E-state index contributed by atoms with van der Waals surface area (Å²) in [6, 6.07) is 5.54. The Morgan fingerprint density at radius 3 is 2.79 bits per heavy atom. The lowest BCUT2D eigenvalue weighted by Gasteiger charge is -2.38. The summed E-state index contributed by atoms with van der Waals surface area (Å²) in [4.78, 5) is 25.4. The maximum absolute atomic E-state index is 11.8. The summed E-state index contributed by atoms with van der Waals surface area (Å²) < 4.78 is 0. The number of carbonyl (C=O) groups is 2. The average Bonchev–Trinajstić information content (AvgIpc) is 2.31. The first-order chi connectivity index (χ1) is 8.97. The highest BCUT2D eigenvalue weighted by atomic mass is 35.5. The first kappa shape index (κ1) is 13.9. The standard InChI is InChI=1S/C14H17ClN2O2/c1-9-3-4-11(15)7-12(9)16-13(18)8-14(19)17-6-5-10(17)2/h3-4,7,10H,5-6,8H2,1-2H3,(H,16,18)/t10-/m0/s1. The molecule has 5 heteroatoms. The zero-order valence-electron chi connectivity index (χ0n) is 11.1. The molecule has 1 saturated heterocycles. The molecule has 0 bridgehead atoms. The molecule has 0 spiro atoms. The summed E-state index contributed by atoms with van der Waals surface area (Å²) in [7, 11) is 0. The van der Waals surface area contributed by atoms with Gasteiger partial charge in [0.2, 0.25) is 11.8 Å². The van der Waals surface area contributed by atoms with Crippen molar-refractivity contribution in [1.29, 1.82) is 0 Å². The molecule has 1 aliphatic heterocycles. The maximum atomic E-state index is 11.8. The molecule has 1 aromatic carbocycles. The van der Waals surface area contributed by atoms with Crippen LogP contribution in [-0.4, -0.2) is 29.3 Å². The molecule has 4 nitrogen and oxygen atoms in total. The Kier molecular flexibility index (Phi) is 4.10. The fourth-order valence-corrected chi connectivity index (χ4v) is 2.22. The van der Waals surface area contributed by atoms with Crippen molar-refractivity contribution in [3.05, 3.63) is 28.8 Å². The average molecular weight is 281 g/mol. The lowest BCUT2D eigenvalue weighted by Crippen LogP contribution is -2.50. The van der Waals surface area contributed by atoms with Gasteiger partial charge in [0.1, 0.15) is 6.42 Å². The van der Waals surface area contributed by atoms with Crippen molar-refractivity contribution in [3.63, 3.8) is 0 Å². The molecular weight excluding hydrogens is 264 g/mol. The molecule has 0 unspecified atom stereocenters. The Hall–Kier alpha value is -1.55. The first-order valence-corrected chi connectivity index (χ1v) is 6.70. The second-order valence-corrected chi connectivity index (χ2v) is 5.35. The maximum Gasteiger partial charge on any atom is 0.233 e. The SMILES string of the molecule is Cc1ccc(Cl)cc1NC(=O)CC(=O)N1CC[C@@H]1C. The summed E-state index contributed by atoms with van der Waals surface area (Å²) in [5.74, 6) is -0.412. The Morgan fingerprint density at radius 2 is 2.21 bits per heavy atom. The predicted octanol–water partition coefficient (Wildman–Crippen LogP) is 2.60. The third kappa shape index (κ3) is 3.26. The largest absolute Gasteiger partial charge is 0.339 e. The number of benzene rings is 1. The Labute approximate surface area is 117 Å². The van der Waals surface area contributed by atoms with Crippen LogP contribution in [0.1, 0.15) is 25.3 Å². The van der Waals surface area contributed by atoms with E-state index < -0.39 is 0 Å². The molecule has 102 valence electrons. The van der Waals surface area contributed by atoms with E-state index in [0.29, 0.717) is 10.7 Å². The van der Waals surface area contributed by atoms with Crippen molar-refractivity contribution < 1.29 is 9.59 Å². The van der Waals surface area contributed by atoms with E-state index in [-0.39, 0.29) is 24.3 Å². The van der Waals surface area contributed by atoms with Gasteiger partial charge in [-0.25, -0.2) is 0 Å². The molecule has 0 aromatic heterocycles. The number of likely N-dealkylation sites (tertiary alicyclic amines) is 1. The zero-order valence-corrected chi connectivity index (χ0v) is 11.8. The van der Waals surface area contributed by atoms with Crippen molar-refractivity contribution in [2.24, 2.45) is 0 Å². The van der Waals surface area contributed by atoms with Gasteiger partial charge in [-0.05, 0) is 38.0 Å². The third-order valence-corrected chi connectivity index (χ3v) is 3.66. The lowest BCUT2D eigenvalue weighted by atomic mass is 10.0. The number of hydrogen-bond donors (Lipinski definition) is 1. The topological polar surface area (TPSA) is 49.4 Å². The molecule has 1 atom stereocenters. The minimum absolute atomic E-state index is 0.115. The number of halogens is 1. The van der Waals surface area contributed by atoms with E-state index in [1.165, 1.54) is 0 Å². The molecule has 0 saturated carbocycles. The van der Waals surface area contributed by atoms with Gasteiger partial charge in [-0.3, -0.25) is 9.59 Å². The van der Waals surface area contributed by atoms with Crippen molar-refractivity contribution >= 4 is 29.1 Å². The molecule has 2 rings (SSSR count). The van der Waals surface area contributed by atoms with Gasteiger partial charge in [-0.1, -0.05) is 17.7 Å². The molecule has 19 heavy (non-hydrogen) atoms. The van der Waals surface area contributed by atoms with Crippen LogP contribution in [0.5, 0.6) is 0 Å². The minimum Gasteiger partial charge on any atom is -0.339 e. The summed E-state index contributed by atoms with van der Waals surface area (Å²) in [6.07, 6.45) is 0.900. The van der Waals surface area contributed by atoms with Gasteiger partial charge >= 0.3 is 0 Å². The minimum atomic E-state index is -0.297. The zero-order chi connectivity index (χ0) is 14.0. The normalized spacial score (nSPS) is 17.8. The molecule has 1 N–H and O–H groups in total. The second-order valence-electron chi connectivity index (χ2n) is 4.91. The van der Waals surface area contributed by atoms with Gasteiger partial charge in [-0.15, -0.1) is 0 Å². The molecule has 2 amide bonds. The van der Waals surface area contributed by atoms with Gasteiger partial charge in [0.25, 0.3) is 0 Å². The van der Waals surface area contributed by atoms with Crippen LogP contribution in [0, 0.1) is 6.92 Å². The molecule has 1 aliphatic rings. The number of amides is 2. The summed E-state index contributed by atoms with van der Waals surface area (Å²) in [6.45, 7) is 4.62. The third-order valence-electron chi connectivity index (χ3n) is 3.43. The first-order valence-electron chi connectivity index (χ1n) is 6.33. The van der Waals surface area contributed by atoms with Crippen LogP contribution in [0.3, 0.4) is 0 Å². The van der Waals surface area contributed by atoms with Crippen LogP contribution in [0.2, 0.25) is 5.02 Å². The van der Waals surface area contributed by atoms with Crippen LogP contribution in [-0.2, 0) is 9.59 Å². The smallest absolute Gasteiger partial charge is 0.233 e. The highest BCUT2D eigenvalue weighted by Crippen LogP contribution is 2.21. The van der Waals surface area contributed by atoms with Crippen LogP contribution >= 0.6 is 11.6 Å². The van der Waals surface area contributed by atoms with E-state index in [1.807, 2.05) is 19.9 Å². The quantitative estimate of drug-likeness (QED) is 0.865. The van der Waals surface area contributed by atoms with E-state index in [4.69, 9.17) is 11.6 Å². The summed E-state index contributed by atoms with van der Waals surface area (Å²) in [5, 5.41) is 3.29. The predicted molar refractivity (Wildman–Crippen MR) is 75.2 cm³/mol. The highest BCUT2D eigenvalue weighted by molar-refractivity contribution is 6.31. The Bertz CT molecular complexity index is 516. The number of hydrogen-bond acceptors (Lipinski definition) is 2. The number of rotatable bonds is 3. The van der Waals surface area contributed by atoms with E-state index in [1.54, 1.807) is 17.0 Å². The second kappa shape index (κ2) is 5.61. The fourth-order valence-electron chi connectivity index (χ4n) is 2.05. The van der Waals surface area contributed by atoms with Crippen molar-refractivity contribution in [2.45, 2.75) is 32.7 Å². The number of nitrogens with zero attached hydrogens (tertiary/aromatic N) is 1. The van der Waals surface area contributed by atoms with Crippen LogP contribution in [0.25, 0.3) is 0 Å². The highest BCUT2D eigenvalue weighted by Gasteiger charge is 2.29. The number of aryl methyl sites for hydroxylation is 1. The Balaban J connectivity index is 1.94. The summed E-state index contributed by atoms with van der Waals surface area (Å²) >= 11 is 5.88. The number of anilines is 1. The monoisotopic (exact) mass is 280 g/mol. The van der Waals surface area contributed by atoms with Gasteiger partial charge < -0.3 is 10.2 Å². The molecular formula is C14H17ClN2O2. The van der Waals surface area contributed by atoms with Gasteiger partial charge in [0.05, 0.1) is 0 Å². The fraction of sp³-hybridized carbons (Fsp3) is 0.429.